The molecule has 20 heavy (non-hydrogen) atoms. The normalized spacial score (nSPS) is 17.9. The van der Waals surface area contributed by atoms with E-state index in [0.717, 1.165) is 11.5 Å². The average Bonchev–Trinajstić information content (AvgIpc) is 2.52. The molecule has 0 saturated carbocycles. The molecule has 1 saturated heterocycles. The molecule has 0 bridgehead atoms. The average molecular weight is 307 g/mol. The molecule has 1 aliphatic heterocycles. The van der Waals surface area contributed by atoms with Crippen LogP contribution in [-0.2, 0) is 0 Å². The van der Waals surface area contributed by atoms with Crippen LogP contribution in [0.2, 0.25) is 0 Å². The van der Waals surface area contributed by atoms with Gasteiger partial charge in [-0.25, -0.2) is 0 Å². The molecule has 0 aliphatic carbocycles. The summed E-state index contributed by atoms with van der Waals surface area (Å²) >= 11 is 3.86. The third kappa shape index (κ3) is 4.48. The van der Waals surface area contributed by atoms with Gasteiger partial charge in [-0.3, -0.25) is 4.79 Å². The summed E-state index contributed by atoms with van der Waals surface area (Å²) in [4.78, 5) is 12.2. The van der Waals surface area contributed by atoms with Crippen LogP contribution >= 0.6 is 23.5 Å². The van der Waals surface area contributed by atoms with Crippen molar-refractivity contribution in [1.29, 1.82) is 0 Å². The van der Waals surface area contributed by atoms with Crippen LogP contribution in [0.3, 0.4) is 0 Å². The maximum absolute atomic E-state index is 12.2. The van der Waals surface area contributed by atoms with E-state index >= 15 is 0 Å². The van der Waals surface area contributed by atoms with E-state index in [1.54, 1.807) is 12.1 Å². The van der Waals surface area contributed by atoms with Crippen molar-refractivity contribution in [3.8, 4) is 11.8 Å². The predicted octanol–water partition coefficient (Wildman–Crippen LogP) is 1.61. The first-order valence-corrected chi connectivity index (χ1v) is 8.68. The molecule has 106 valence electrons. The van der Waals surface area contributed by atoms with Crippen molar-refractivity contribution in [2.45, 2.75) is 5.25 Å². The van der Waals surface area contributed by atoms with Crippen LogP contribution in [0.5, 0.6) is 0 Å². The Bertz CT molecular complexity index is 516. The zero-order chi connectivity index (χ0) is 14.2. The molecule has 1 atom stereocenters. The van der Waals surface area contributed by atoms with Crippen molar-refractivity contribution < 1.29 is 9.90 Å². The molecule has 2 rings (SSSR count). The zero-order valence-electron chi connectivity index (χ0n) is 11.1. The molecule has 1 heterocycles. The quantitative estimate of drug-likeness (QED) is 0.833. The van der Waals surface area contributed by atoms with Crippen LogP contribution in [0.4, 0.5) is 0 Å². The van der Waals surface area contributed by atoms with Gasteiger partial charge in [-0.15, -0.1) is 0 Å². The minimum Gasteiger partial charge on any atom is -0.384 e. The minimum atomic E-state index is -0.202. The van der Waals surface area contributed by atoms with Crippen molar-refractivity contribution in [1.82, 2.24) is 5.32 Å². The molecule has 5 heteroatoms. The lowest BCUT2D eigenvalue weighted by molar-refractivity contribution is 0.0954. The van der Waals surface area contributed by atoms with Gasteiger partial charge in [0.2, 0.25) is 0 Å². The fourth-order valence-electron chi connectivity index (χ4n) is 1.88. The number of carbonyl (C=O) groups is 1. The summed E-state index contributed by atoms with van der Waals surface area (Å²) in [6.45, 7) is 0.490. The number of carbonyl (C=O) groups excluding carboxylic acids is 1. The molecule has 1 aromatic carbocycles. The highest BCUT2D eigenvalue weighted by atomic mass is 32.2. The number of aliphatic hydroxyl groups excluding tert-OH is 1. The number of benzene rings is 1. The molecule has 1 amide bonds. The number of nitrogens with one attached hydrogen (secondary N) is 1. The monoisotopic (exact) mass is 307 g/mol. The van der Waals surface area contributed by atoms with Crippen LogP contribution in [-0.4, -0.2) is 46.7 Å². The maximum Gasteiger partial charge on any atom is 0.252 e. The van der Waals surface area contributed by atoms with Gasteiger partial charge in [0.25, 0.3) is 5.91 Å². The summed E-state index contributed by atoms with van der Waals surface area (Å²) in [7, 11) is 0. The Balaban J connectivity index is 1.97. The van der Waals surface area contributed by atoms with Gasteiger partial charge in [0.05, 0.1) is 5.56 Å². The Morgan fingerprint density at radius 3 is 3.00 bits per heavy atom. The summed E-state index contributed by atoms with van der Waals surface area (Å²) in [5, 5.41) is 12.2. The molecular formula is C15H17NO2S2. The lowest BCUT2D eigenvalue weighted by Gasteiger charge is -2.21. The van der Waals surface area contributed by atoms with Crippen molar-refractivity contribution in [3.05, 3.63) is 35.4 Å². The van der Waals surface area contributed by atoms with E-state index in [2.05, 4.69) is 17.2 Å². The number of thioether (sulfide) groups is 2. The standard InChI is InChI=1S/C15H17NO2S2/c17-7-3-5-12-4-1-2-6-14(12)15(18)16-10-13-11-19-8-9-20-13/h1-2,4,6,13,17H,7-11H2,(H,16,18). The van der Waals surface area contributed by atoms with Crippen LogP contribution in [0.25, 0.3) is 0 Å². The van der Waals surface area contributed by atoms with Crippen molar-refractivity contribution in [3.63, 3.8) is 0 Å². The van der Waals surface area contributed by atoms with Gasteiger partial charge >= 0.3 is 0 Å². The second-order valence-corrected chi connectivity index (χ2v) is 6.84. The molecule has 3 nitrogen and oxygen atoms in total. The van der Waals surface area contributed by atoms with E-state index in [4.69, 9.17) is 5.11 Å². The number of hydrogen-bond acceptors (Lipinski definition) is 4. The van der Waals surface area contributed by atoms with Crippen LogP contribution in [0, 0.1) is 11.8 Å². The topological polar surface area (TPSA) is 49.3 Å². The van der Waals surface area contributed by atoms with Gasteiger partial charge in [0.1, 0.15) is 6.61 Å². The lowest BCUT2D eigenvalue weighted by Crippen LogP contribution is -2.33. The molecule has 2 N–H and O–H groups in total. The van der Waals surface area contributed by atoms with Crippen molar-refractivity contribution in [2.24, 2.45) is 0 Å². The molecule has 1 aliphatic rings. The van der Waals surface area contributed by atoms with E-state index in [0.29, 0.717) is 22.9 Å². The first-order chi connectivity index (χ1) is 9.81. The summed E-state index contributed by atoms with van der Waals surface area (Å²) in [5.74, 6) is 8.76. The van der Waals surface area contributed by atoms with Crippen molar-refractivity contribution in [2.75, 3.05) is 30.4 Å². The van der Waals surface area contributed by atoms with Gasteiger partial charge < -0.3 is 10.4 Å². The van der Waals surface area contributed by atoms with Crippen LogP contribution in [0.15, 0.2) is 24.3 Å². The summed E-state index contributed by atoms with van der Waals surface area (Å²) in [6.07, 6.45) is 0. The number of hydrogen-bond donors (Lipinski definition) is 2. The Morgan fingerprint density at radius 1 is 1.40 bits per heavy atom. The SMILES string of the molecule is O=C(NCC1CSCCS1)c1ccccc1C#CCO. The van der Waals surface area contributed by atoms with Crippen LogP contribution < -0.4 is 5.32 Å². The molecule has 0 aromatic heterocycles. The molecular weight excluding hydrogens is 290 g/mol. The largest absolute Gasteiger partial charge is 0.384 e. The first-order valence-electron chi connectivity index (χ1n) is 6.47. The lowest BCUT2D eigenvalue weighted by atomic mass is 10.1. The molecule has 0 spiro atoms. The first kappa shape index (κ1) is 15.3. The Morgan fingerprint density at radius 2 is 2.25 bits per heavy atom. The number of aliphatic hydroxyl groups is 1. The predicted molar refractivity (Wildman–Crippen MR) is 86.3 cm³/mol. The van der Waals surface area contributed by atoms with E-state index in [1.165, 1.54) is 5.75 Å². The maximum atomic E-state index is 12.2. The fraction of sp³-hybridized carbons (Fsp3) is 0.400. The fourth-order valence-corrected chi connectivity index (χ4v) is 4.49. The second-order valence-electron chi connectivity index (χ2n) is 4.28. The number of amides is 1. The van der Waals surface area contributed by atoms with Gasteiger partial charge in [0.15, 0.2) is 0 Å². The number of rotatable bonds is 3. The van der Waals surface area contributed by atoms with E-state index < -0.39 is 0 Å². The highest BCUT2D eigenvalue weighted by molar-refractivity contribution is 8.06. The van der Waals surface area contributed by atoms with Crippen LogP contribution in [0.1, 0.15) is 15.9 Å². The Labute approximate surface area is 127 Å². The highest BCUT2D eigenvalue weighted by Gasteiger charge is 2.16. The third-order valence-electron chi connectivity index (χ3n) is 2.85. The summed E-state index contributed by atoms with van der Waals surface area (Å²) < 4.78 is 0. The van der Waals surface area contributed by atoms with Gasteiger partial charge in [-0.05, 0) is 12.1 Å². The highest BCUT2D eigenvalue weighted by Crippen LogP contribution is 2.23. The summed E-state index contributed by atoms with van der Waals surface area (Å²) in [5.41, 5.74) is 1.23. The minimum absolute atomic E-state index is 0.0935. The van der Waals surface area contributed by atoms with Gasteiger partial charge in [-0.2, -0.15) is 23.5 Å². The molecule has 1 fully saturated rings. The smallest absolute Gasteiger partial charge is 0.252 e. The van der Waals surface area contributed by atoms with E-state index in [9.17, 15) is 4.79 Å². The van der Waals surface area contributed by atoms with Crippen molar-refractivity contribution >= 4 is 29.4 Å². The Hall–Kier alpha value is -1.09. The third-order valence-corrected chi connectivity index (χ3v) is 5.69. The van der Waals surface area contributed by atoms with Gasteiger partial charge in [-0.1, -0.05) is 24.0 Å². The van der Waals surface area contributed by atoms with Gasteiger partial charge in [0, 0.05) is 34.6 Å². The van der Waals surface area contributed by atoms with E-state index in [1.807, 2.05) is 35.7 Å². The second kappa shape index (κ2) is 8.25. The van der Waals surface area contributed by atoms with E-state index in [-0.39, 0.29) is 12.5 Å². The summed E-state index contributed by atoms with van der Waals surface area (Å²) in [6, 6.07) is 7.22. The zero-order valence-corrected chi connectivity index (χ0v) is 12.7. The molecule has 1 unspecified atom stereocenters. The molecule has 1 aromatic rings. The Kier molecular flexibility index (Phi) is 6.31. The molecule has 0 radical (unpaired) electrons.